The van der Waals surface area contributed by atoms with Crippen LogP contribution in [-0.4, -0.2) is 33.1 Å². The van der Waals surface area contributed by atoms with Gasteiger partial charge in [-0.15, -0.1) is 0 Å². The van der Waals surface area contributed by atoms with E-state index in [0.717, 1.165) is 29.3 Å². The van der Waals surface area contributed by atoms with Crippen molar-refractivity contribution >= 4 is 22.7 Å². The van der Waals surface area contributed by atoms with Crippen molar-refractivity contribution in [3.8, 4) is 11.1 Å². The zero-order valence-corrected chi connectivity index (χ0v) is 18.2. The first-order valence-electron chi connectivity index (χ1n) is 11.3. The standard InChI is InChI=1S/C21H22N4.C5H4O3/c1-2-14(12-22-17-5-6-17)10-15(3-1)16-4-9-20-19(11-16)21(24-13-23-20)25-18-7-8-18;6-5(7)4-2-1-3-8-4/h1-4,9-11,13,17-18,22H,5-8,12H2,(H,23,24,25);1-3H,(H,6,7). The van der Waals surface area contributed by atoms with E-state index < -0.39 is 5.97 Å². The number of aromatic nitrogens is 2. The summed E-state index contributed by atoms with van der Waals surface area (Å²) in [6.45, 7) is 0.948. The molecule has 2 saturated carbocycles. The molecule has 7 heteroatoms. The lowest BCUT2D eigenvalue weighted by atomic mass is 10.0. The van der Waals surface area contributed by atoms with E-state index in [4.69, 9.17) is 5.11 Å². The predicted octanol–water partition coefficient (Wildman–Crippen LogP) is 5.10. The molecular weight excluding hydrogens is 416 g/mol. The molecule has 3 N–H and O–H groups in total. The van der Waals surface area contributed by atoms with Crippen molar-refractivity contribution < 1.29 is 14.3 Å². The number of anilines is 1. The number of aromatic carboxylic acids is 1. The fourth-order valence-electron chi connectivity index (χ4n) is 3.58. The van der Waals surface area contributed by atoms with E-state index in [2.05, 4.69) is 67.5 Å². The number of benzene rings is 2. The third-order valence-corrected chi connectivity index (χ3v) is 5.72. The van der Waals surface area contributed by atoms with Crippen molar-refractivity contribution in [1.29, 1.82) is 0 Å². The number of nitrogens with one attached hydrogen (secondary N) is 2. The lowest BCUT2D eigenvalue weighted by Gasteiger charge is -2.10. The number of carboxylic acid groups (broad SMARTS) is 1. The molecule has 2 aliphatic rings. The van der Waals surface area contributed by atoms with E-state index >= 15 is 0 Å². The number of carbonyl (C=O) groups is 1. The summed E-state index contributed by atoms with van der Waals surface area (Å²) in [4.78, 5) is 18.8. The van der Waals surface area contributed by atoms with Gasteiger partial charge in [-0.2, -0.15) is 0 Å². The third-order valence-electron chi connectivity index (χ3n) is 5.72. The molecule has 0 aliphatic heterocycles. The maximum Gasteiger partial charge on any atom is 0.371 e. The maximum absolute atomic E-state index is 9.97. The second-order valence-corrected chi connectivity index (χ2v) is 8.51. The minimum Gasteiger partial charge on any atom is -0.475 e. The third kappa shape index (κ3) is 5.56. The SMILES string of the molecule is O=C(O)c1ccco1.c1cc(CNC2CC2)cc(-c2ccc3ncnc(NC4CC4)c3c2)c1. The van der Waals surface area contributed by atoms with E-state index in [1.54, 1.807) is 6.33 Å². The van der Waals surface area contributed by atoms with Crippen molar-refractivity contribution in [2.75, 3.05) is 5.32 Å². The number of fused-ring (bicyclic) bond motifs is 1. The van der Waals surface area contributed by atoms with Gasteiger partial charge in [0.2, 0.25) is 5.76 Å². The molecule has 0 radical (unpaired) electrons. The Morgan fingerprint density at radius 2 is 1.79 bits per heavy atom. The van der Waals surface area contributed by atoms with Gasteiger partial charge in [0, 0.05) is 24.0 Å². The van der Waals surface area contributed by atoms with Crippen molar-refractivity contribution in [2.24, 2.45) is 0 Å². The van der Waals surface area contributed by atoms with E-state index in [1.807, 2.05) is 0 Å². The van der Waals surface area contributed by atoms with Crippen molar-refractivity contribution in [1.82, 2.24) is 15.3 Å². The van der Waals surface area contributed by atoms with Gasteiger partial charge in [0.25, 0.3) is 0 Å². The van der Waals surface area contributed by atoms with Crippen LogP contribution in [0.3, 0.4) is 0 Å². The van der Waals surface area contributed by atoms with Crippen LogP contribution in [0.1, 0.15) is 41.8 Å². The highest BCUT2D eigenvalue weighted by molar-refractivity contribution is 5.92. The summed E-state index contributed by atoms with van der Waals surface area (Å²) in [7, 11) is 0. The topological polar surface area (TPSA) is 100 Å². The number of hydrogen-bond acceptors (Lipinski definition) is 6. The molecule has 2 aliphatic carbocycles. The van der Waals surface area contributed by atoms with Gasteiger partial charge in [-0.25, -0.2) is 14.8 Å². The molecule has 2 heterocycles. The molecule has 4 aromatic rings. The fourth-order valence-corrected chi connectivity index (χ4v) is 3.58. The van der Waals surface area contributed by atoms with Crippen LogP contribution < -0.4 is 10.6 Å². The Bertz CT molecular complexity index is 1250. The molecule has 168 valence electrons. The molecule has 0 spiro atoms. The lowest BCUT2D eigenvalue weighted by molar-refractivity contribution is 0.0662. The smallest absolute Gasteiger partial charge is 0.371 e. The molecule has 0 amide bonds. The quantitative estimate of drug-likeness (QED) is 0.366. The fraction of sp³-hybridized carbons (Fsp3) is 0.269. The highest BCUT2D eigenvalue weighted by Crippen LogP contribution is 2.31. The maximum atomic E-state index is 9.97. The summed E-state index contributed by atoms with van der Waals surface area (Å²) in [5.41, 5.74) is 4.80. The first-order chi connectivity index (χ1) is 16.2. The second kappa shape index (κ2) is 9.42. The Kier molecular flexibility index (Phi) is 6.04. The van der Waals surface area contributed by atoms with E-state index in [1.165, 1.54) is 60.8 Å². The molecule has 7 nitrogen and oxygen atoms in total. The van der Waals surface area contributed by atoms with Crippen LogP contribution in [0.5, 0.6) is 0 Å². The highest BCUT2D eigenvalue weighted by Gasteiger charge is 2.22. The Hall–Kier alpha value is -3.71. The van der Waals surface area contributed by atoms with Crippen molar-refractivity contribution in [3.05, 3.63) is 78.5 Å². The average molecular weight is 443 g/mol. The summed E-state index contributed by atoms with van der Waals surface area (Å²) < 4.78 is 4.50. The molecule has 0 atom stereocenters. The van der Waals surface area contributed by atoms with Crippen molar-refractivity contribution in [2.45, 2.75) is 44.3 Å². The average Bonchev–Trinajstić information content (AvgIpc) is 3.77. The van der Waals surface area contributed by atoms with Gasteiger partial charge in [0.05, 0.1) is 11.8 Å². The molecule has 0 bridgehead atoms. The van der Waals surface area contributed by atoms with Crippen LogP contribution in [0.2, 0.25) is 0 Å². The van der Waals surface area contributed by atoms with Gasteiger partial charge < -0.3 is 20.2 Å². The Labute approximate surface area is 191 Å². The number of nitrogens with zero attached hydrogens (tertiary/aromatic N) is 2. The normalized spacial score (nSPS) is 15.0. The van der Waals surface area contributed by atoms with Gasteiger partial charge in [0.15, 0.2) is 0 Å². The van der Waals surface area contributed by atoms with Gasteiger partial charge in [-0.3, -0.25) is 0 Å². The number of rotatable bonds is 7. The van der Waals surface area contributed by atoms with Gasteiger partial charge in [-0.1, -0.05) is 24.3 Å². The number of carboxylic acids is 1. The van der Waals surface area contributed by atoms with Crippen LogP contribution in [0, 0.1) is 0 Å². The molecule has 2 fully saturated rings. The van der Waals surface area contributed by atoms with Crippen LogP contribution in [0.15, 0.2) is 71.6 Å². The van der Waals surface area contributed by atoms with Crippen LogP contribution in [0.4, 0.5) is 5.82 Å². The van der Waals surface area contributed by atoms with E-state index in [0.29, 0.717) is 6.04 Å². The largest absolute Gasteiger partial charge is 0.475 e. The summed E-state index contributed by atoms with van der Waals surface area (Å²) in [5.74, 6) is -0.0964. The summed E-state index contributed by atoms with van der Waals surface area (Å²) >= 11 is 0. The molecular formula is C26H26N4O3. The summed E-state index contributed by atoms with van der Waals surface area (Å²) in [6.07, 6.45) is 8.09. The minimum atomic E-state index is -1.03. The minimum absolute atomic E-state index is 0.0231. The first-order valence-corrected chi connectivity index (χ1v) is 11.3. The predicted molar refractivity (Wildman–Crippen MR) is 127 cm³/mol. The molecule has 2 aromatic heterocycles. The first kappa shape index (κ1) is 21.2. The second-order valence-electron chi connectivity index (χ2n) is 8.51. The lowest BCUT2D eigenvalue weighted by Crippen LogP contribution is -2.15. The highest BCUT2D eigenvalue weighted by atomic mass is 16.4. The monoisotopic (exact) mass is 442 g/mol. The van der Waals surface area contributed by atoms with Crippen molar-refractivity contribution in [3.63, 3.8) is 0 Å². The number of furan rings is 1. The van der Waals surface area contributed by atoms with Crippen LogP contribution in [-0.2, 0) is 6.54 Å². The summed E-state index contributed by atoms with van der Waals surface area (Å²) in [5, 5.41) is 16.4. The van der Waals surface area contributed by atoms with Gasteiger partial charge in [0.1, 0.15) is 12.1 Å². The summed E-state index contributed by atoms with van der Waals surface area (Å²) in [6, 6.07) is 19.5. The number of hydrogen-bond donors (Lipinski definition) is 3. The Morgan fingerprint density at radius 3 is 2.48 bits per heavy atom. The molecule has 2 aromatic carbocycles. The Balaban J connectivity index is 0.000000243. The molecule has 0 saturated heterocycles. The molecule has 0 unspecified atom stereocenters. The zero-order valence-electron chi connectivity index (χ0n) is 18.2. The van der Waals surface area contributed by atoms with E-state index in [9.17, 15) is 4.79 Å². The van der Waals surface area contributed by atoms with Crippen LogP contribution in [0.25, 0.3) is 22.0 Å². The molecule has 33 heavy (non-hydrogen) atoms. The van der Waals surface area contributed by atoms with E-state index in [-0.39, 0.29) is 5.76 Å². The van der Waals surface area contributed by atoms with Gasteiger partial charge >= 0.3 is 5.97 Å². The zero-order chi connectivity index (χ0) is 22.6. The molecule has 6 rings (SSSR count). The Morgan fingerprint density at radius 1 is 0.970 bits per heavy atom. The van der Waals surface area contributed by atoms with Gasteiger partial charge in [-0.05, 0) is 72.7 Å². The van der Waals surface area contributed by atoms with Crippen LogP contribution >= 0.6 is 0 Å².